The molecule has 0 nitrogen and oxygen atoms in total. The van der Waals surface area contributed by atoms with Crippen LogP contribution in [0.3, 0.4) is 0 Å². The van der Waals surface area contributed by atoms with E-state index in [4.69, 9.17) is 0 Å². The summed E-state index contributed by atoms with van der Waals surface area (Å²) in [5, 5.41) is 6.19. The standard InChI is InChI=1S/2C17H19P.C9H12.CH3.CH2.Fe/c2*1-3-9-15(10-4-1)18(17-13-7-8-14-17)16-11-5-2-6-12-16;1-2-5-9-7-3-6-8(9)4-1;;;/h2*1-6,9-12,17H,7-8,13-14H2;1-2,4-5,8-9H,3,6-7H2;1H3;1H2;/q;;;-1;;+1. The second kappa shape index (κ2) is 21.6. The average molecular weight is 714 g/mol. The van der Waals surface area contributed by atoms with Gasteiger partial charge in [0.25, 0.3) is 0 Å². The van der Waals surface area contributed by atoms with E-state index in [1.165, 1.54) is 70.6 Å². The minimum atomic E-state index is -0.152. The predicted molar refractivity (Wildman–Crippen MR) is 215 cm³/mol. The van der Waals surface area contributed by atoms with Crippen molar-refractivity contribution < 1.29 is 15.6 Å². The molecule has 3 fully saturated rings. The zero-order chi connectivity index (χ0) is 32.5. The van der Waals surface area contributed by atoms with E-state index in [1.54, 1.807) is 21.2 Å². The number of benzene rings is 4. The molecule has 0 spiro atoms. The molecule has 0 radical (unpaired) electrons. The fraction of sp³-hybridized carbons (Fsp3) is 0.333. The SMILES string of the molecule is C1=CC2CCCC2C=C1.[CH2]=[Fe+].[CH3-].c1ccc(P(c2ccccc2)C2CCCC2)cc1.c1ccc(P(c2ccccc2)C2CCCC2)cc1. The Kier molecular flexibility index (Phi) is 17.3. The first kappa shape index (κ1) is 38.4. The second-order valence-corrected chi connectivity index (χ2v) is 18.0. The number of rotatable bonds is 6. The van der Waals surface area contributed by atoms with Gasteiger partial charge in [-0.1, -0.05) is 178 Å². The summed E-state index contributed by atoms with van der Waals surface area (Å²) in [5.41, 5.74) is 4.79. The summed E-state index contributed by atoms with van der Waals surface area (Å²) in [4.78, 5) is 0. The van der Waals surface area contributed by atoms with E-state index >= 15 is 0 Å². The van der Waals surface area contributed by atoms with Crippen LogP contribution in [0.15, 0.2) is 146 Å². The molecule has 4 aliphatic rings. The molecule has 2 atom stereocenters. The second-order valence-electron chi connectivity index (χ2n) is 13.0. The molecule has 0 N–H and O–H groups in total. The van der Waals surface area contributed by atoms with Crippen molar-refractivity contribution in [2.24, 2.45) is 11.8 Å². The summed E-state index contributed by atoms with van der Waals surface area (Å²) in [5.74, 6) is 1.80. The third-order valence-electron chi connectivity index (χ3n) is 9.97. The summed E-state index contributed by atoms with van der Waals surface area (Å²) in [6.07, 6.45) is 24.7. The van der Waals surface area contributed by atoms with Gasteiger partial charge >= 0.3 is 21.0 Å². The number of fused-ring (bicyclic) bond motifs is 1. The van der Waals surface area contributed by atoms with E-state index in [2.05, 4.69) is 167 Å². The van der Waals surface area contributed by atoms with Crippen LogP contribution in [0.5, 0.6) is 0 Å². The summed E-state index contributed by atoms with van der Waals surface area (Å²) in [6.45, 7) is 0. The van der Waals surface area contributed by atoms with Gasteiger partial charge in [-0.15, -0.1) is 0 Å². The van der Waals surface area contributed by atoms with E-state index in [9.17, 15) is 0 Å². The Hall–Kier alpha value is -2.39. The van der Waals surface area contributed by atoms with Crippen molar-refractivity contribution in [1.82, 2.24) is 0 Å². The Morgan fingerprint density at radius 3 is 0.938 bits per heavy atom. The fourth-order valence-corrected chi connectivity index (χ4v) is 13.7. The molecular weight excluding hydrogens is 658 g/mol. The first-order valence-corrected chi connectivity index (χ1v) is 21.4. The van der Waals surface area contributed by atoms with Gasteiger partial charge in [-0.05, 0) is 98.7 Å². The van der Waals surface area contributed by atoms with Crippen molar-refractivity contribution in [3.63, 3.8) is 0 Å². The fourth-order valence-electron chi connectivity index (χ4n) is 7.73. The molecule has 0 aliphatic heterocycles. The maximum atomic E-state index is 3.00. The molecule has 3 saturated carbocycles. The maximum Gasteiger partial charge on any atom is -0.0129 e. The van der Waals surface area contributed by atoms with E-state index in [-0.39, 0.29) is 23.3 Å². The van der Waals surface area contributed by atoms with Gasteiger partial charge in [0.2, 0.25) is 0 Å². The third-order valence-corrected chi connectivity index (χ3v) is 15.9. The van der Waals surface area contributed by atoms with Gasteiger partial charge in [-0.3, -0.25) is 0 Å². The monoisotopic (exact) mass is 713 g/mol. The summed E-state index contributed by atoms with van der Waals surface area (Å²) in [6, 6.07) is 44.5. The topological polar surface area (TPSA) is 0 Å². The molecular formula is C45H55FeP2. The van der Waals surface area contributed by atoms with Crippen LogP contribution in [0.25, 0.3) is 0 Å². The smallest absolute Gasteiger partial charge is 0.0129 e. The molecule has 48 heavy (non-hydrogen) atoms. The molecule has 253 valence electrons. The molecule has 0 heterocycles. The molecule has 0 aromatic heterocycles. The summed E-state index contributed by atoms with van der Waals surface area (Å²) in [7, 11) is -0.304. The molecule has 0 bridgehead atoms. The van der Waals surface area contributed by atoms with E-state index < -0.39 is 0 Å². The molecule has 4 aromatic rings. The Morgan fingerprint density at radius 1 is 0.396 bits per heavy atom. The van der Waals surface area contributed by atoms with Crippen LogP contribution in [0.2, 0.25) is 0 Å². The van der Waals surface area contributed by atoms with Crippen LogP contribution in [0.1, 0.15) is 70.6 Å². The quantitative estimate of drug-likeness (QED) is 0.106. The van der Waals surface area contributed by atoms with E-state index in [0.717, 1.165) is 23.2 Å². The van der Waals surface area contributed by atoms with Crippen LogP contribution in [-0.2, 0) is 15.6 Å². The van der Waals surface area contributed by atoms with Crippen LogP contribution in [-0.4, -0.2) is 16.7 Å². The number of hydrogen-bond acceptors (Lipinski definition) is 0. The zero-order valence-corrected chi connectivity index (χ0v) is 31.8. The Balaban J connectivity index is 0.000000164. The Morgan fingerprint density at radius 2 is 0.667 bits per heavy atom. The first-order valence-electron chi connectivity index (χ1n) is 17.8. The van der Waals surface area contributed by atoms with Gasteiger partial charge in [-0.25, -0.2) is 0 Å². The van der Waals surface area contributed by atoms with E-state index in [1.807, 2.05) is 0 Å². The Labute approximate surface area is 303 Å². The van der Waals surface area contributed by atoms with Crippen LogP contribution in [0.4, 0.5) is 0 Å². The van der Waals surface area contributed by atoms with Crippen molar-refractivity contribution in [3.05, 3.63) is 153 Å². The maximum absolute atomic E-state index is 3.00. The van der Waals surface area contributed by atoms with Gasteiger partial charge < -0.3 is 7.43 Å². The summed E-state index contributed by atoms with van der Waals surface area (Å²) >= 11 is 3.00. The largest absolute Gasteiger partial charge is 0.358 e. The van der Waals surface area contributed by atoms with Crippen LogP contribution < -0.4 is 21.2 Å². The molecule has 4 aliphatic carbocycles. The Bertz CT molecular complexity index is 1270. The van der Waals surface area contributed by atoms with Gasteiger partial charge in [0.1, 0.15) is 0 Å². The van der Waals surface area contributed by atoms with Crippen molar-refractivity contribution in [3.8, 4) is 0 Å². The third kappa shape index (κ3) is 11.1. The molecule has 2 unspecified atom stereocenters. The van der Waals surface area contributed by atoms with Crippen LogP contribution >= 0.6 is 15.8 Å². The van der Waals surface area contributed by atoms with Gasteiger partial charge in [0.15, 0.2) is 0 Å². The number of hydrogen-bond donors (Lipinski definition) is 0. The minimum Gasteiger partial charge on any atom is -0.358 e. The molecule has 4 aromatic carbocycles. The molecule has 8 rings (SSSR count). The summed E-state index contributed by atoms with van der Waals surface area (Å²) < 4.78 is 0. The van der Waals surface area contributed by atoms with Gasteiger partial charge in [0, 0.05) is 0 Å². The van der Waals surface area contributed by atoms with Gasteiger partial charge in [0.05, 0.1) is 0 Å². The van der Waals surface area contributed by atoms with Crippen LogP contribution in [0, 0.1) is 19.3 Å². The minimum absolute atomic E-state index is 0. The molecule has 0 amide bonds. The van der Waals surface area contributed by atoms with Gasteiger partial charge in [-0.2, -0.15) is 0 Å². The normalized spacial score (nSPS) is 19.6. The van der Waals surface area contributed by atoms with Crippen molar-refractivity contribution in [1.29, 1.82) is 0 Å². The molecule has 3 heteroatoms. The van der Waals surface area contributed by atoms with E-state index in [0.29, 0.717) is 0 Å². The first-order chi connectivity index (χ1) is 23.4. The molecule has 0 saturated heterocycles. The van der Waals surface area contributed by atoms with Crippen molar-refractivity contribution >= 4 is 42.5 Å². The van der Waals surface area contributed by atoms with Crippen molar-refractivity contribution in [2.45, 2.75) is 81.9 Å². The zero-order valence-electron chi connectivity index (χ0n) is 28.9. The average Bonchev–Trinajstić information content (AvgIpc) is 3.97. The van der Waals surface area contributed by atoms with Crippen molar-refractivity contribution in [2.75, 3.05) is 0 Å². The number of allylic oxidation sites excluding steroid dienone is 4. The predicted octanol–water partition coefficient (Wildman–Crippen LogP) is 11.1.